The van der Waals surface area contributed by atoms with Crippen molar-refractivity contribution in [1.29, 1.82) is 0 Å². The average Bonchev–Trinajstić information content (AvgIpc) is 2.01. The van der Waals surface area contributed by atoms with Crippen LogP contribution in [0.15, 0.2) is 0 Å². The fraction of sp³-hybridized carbons (Fsp3) is 0.714. The SMILES string of the molecule is COC(=O)C1CC(=O)NC(O)C1. The van der Waals surface area contributed by atoms with Crippen LogP contribution >= 0.6 is 0 Å². The number of esters is 1. The van der Waals surface area contributed by atoms with E-state index in [1.165, 1.54) is 7.11 Å². The monoisotopic (exact) mass is 173 g/mol. The number of methoxy groups -OCH3 is 1. The van der Waals surface area contributed by atoms with Crippen LogP contribution in [0.25, 0.3) is 0 Å². The Kier molecular flexibility index (Phi) is 2.65. The Balaban J connectivity index is 2.55. The summed E-state index contributed by atoms with van der Waals surface area (Å²) in [5.41, 5.74) is 0. The molecule has 1 aliphatic heterocycles. The molecule has 2 atom stereocenters. The summed E-state index contributed by atoms with van der Waals surface area (Å²) >= 11 is 0. The third kappa shape index (κ3) is 1.94. The second-order valence-corrected chi connectivity index (χ2v) is 2.74. The van der Waals surface area contributed by atoms with Crippen LogP contribution in [-0.2, 0) is 14.3 Å². The number of amides is 1. The second kappa shape index (κ2) is 3.53. The van der Waals surface area contributed by atoms with Gasteiger partial charge in [0.25, 0.3) is 0 Å². The first-order valence-electron chi connectivity index (χ1n) is 3.68. The first-order chi connectivity index (χ1) is 5.63. The van der Waals surface area contributed by atoms with Crippen molar-refractivity contribution in [1.82, 2.24) is 5.32 Å². The highest BCUT2D eigenvalue weighted by Gasteiger charge is 2.30. The Morgan fingerprint density at radius 2 is 2.42 bits per heavy atom. The number of ether oxygens (including phenoxy) is 1. The zero-order valence-corrected chi connectivity index (χ0v) is 6.74. The fourth-order valence-electron chi connectivity index (χ4n) is 1.23. The molecule has 1 amide bonds. The minimum Gasteiger partial charge on any atom is -0.469 e. The van der Waals surface area contributed by atoms with Crippen molar-refractivity contribution in [3.8, 4) is 0 Å². The lowest BCUT2D eigenvalue weighted by Crippen LogP contribution is -2.44. The maximum atomic E-state index is 10.9. The number of aliphatic hydroxyl groups excluding tert-OH is 1. The minimum atomic E-state index is -0.921. The molecule has 5 heteroatoms. The van der Waals surface area contributed by atoms with E-state index in [9.17, 15) is 9.59 Å². The van der Waals surface area contributed by atoms with Gasteiger partial charge in [-0.2, -0.15) is 0 Å². The zero-order valence-electron chi connectivity index (χ0n) is 6.74. The summed E-state index contributed by atoms with van der Waals surface area (Å²) in [6, 6.07) is 0. The smallest absolute Gasteiger partial charge is 0.309 e. The van der Waals surface area contributed by atoms with E-state index < -0.39 is 18.1 Å². The van der Waals surface area contributed by atoms with E-state index in [0.29, 0.717) is 0 Å². The summed E-state index contributed by atoms with van der Waals surface area (Å²) in [5.74, 6) is -1.26. The van der Waals surface area contributed by atoms with E-state index in [4.69, 9.17) is 5.11 Å². The first-order valence-corrected chi connectivity index (χ1v) is 3.68. The van der Waals surface area contributed by atoms with Gasteiger partial charge in [-0.1, -0.05) is 0 Å². The molecule has 1 heterocycles. The Hall–Kier alpha value is -1.10. The van der Waals surface area contributed by atoms with E-state index in [-0.39, 0.29) is 18.7 Å². The number of hydrogen-bond donors (Lipinski definition) is 2. The van der Waals surface area contributed by atoms with Crippen molar-refractivity contribution in [3.05, 3.63) is 0 Å². The van der Waals surface area contributed by atoms with Gasteiger partial charge in [0.05, 0.1) is 13.0 Å². The molecule has 2 N–H and O–H groups in total. The van der Waals surface area contributed by atoms with Crippen LogP contribution in [0.2, 0.25) is 0 Å². The standard InChI is InChI=1S/C7H11NO4/c1-12-7(11)4-2-5(9)8-6(10)3-4/h4-5,9H,2-3H2,1H3,(H,8,10). The molecule has 2 unspecified atom stereocenters. The number of carbonyl (C=O) groups excluding carboxylic acids is 2. The zero-order chi connectivity index (χ0) is 9.14. The van der Waals surface area contributed by atoms with Gasteiger partial charge in [-0.05, 0) is 0 Å². The Morgan fingerprint density at radius 3 is 2.92 bits per heavy atom. The van der Waals surface area contributed by atoms with E-state index in [1.807, 2.05) is 0 Å². The number of piperidine rings is 1. The molecule has 0 bridgehead atoms. The quantitative estimate of drug-likeness (QED) is 0.499. The van der Waals surface area contributed by atoms with Gasteiger partial charge in [0, 0.05) is 12.8 Å². The summed E-state index contributed by atoms with van der Waals surface area (Å²) in [4.78, 5) is 21.8. The van der Waals surface area contributed by atoms with Crippen LogP contribution in [0.4, 0.5) is 0 Å². The van der Waals surface area contributed by atoms with Crippen molar-refractivity contribution >= 4 is 11.9 Å². The number of nitrogens with one attached hydrogen (secondary N) is 1. The molecular formula is C7H11NO4. The van der Waals surface area contributed by atoms with E-state index >= 15 is 0 Å². The number of rotatable bonds is 1. The van der Waals surface area contributed by atoms with Crippen LogP contribution < -0.4 is 5.32 Å². The summed E-state index contributed by atoms with van der Waals surface area (Å²) in [6.07, 6.45) is -0.586. The largest absolute Gasteiger partial charge is 0.469 e. The van der Waals surface area contributed by atoms with Crippen molar-refractivity contribution < 1.29 is 19.4 Å². The van der Waals surface area contributed by atoms with Crippen LogP contribution in [0.5, 0.6) is 0 Å². The Labute approximate surface area is 69.7 Å². The third-order valence-corrected chi connectivity index (χ3v) is 1.80. The molecule has 0 aliphatic carbocycles. The van der Waals surface area contributed by atoms with Crippen molar-refractivity contribution in [2.24, 2.45) is 5.92 Å². The molecule has 0 saturated carbocycles. The molecule has 0 aromatic heterocycles. The maximum Gasteiger partial charge on any atom is 0.309 e. The van der Waals surface area contributed by atoms with Crippen LogP contribution in [0.3, 0.4) is 0 Å². The predicted octanol–water partition coefficient (Wildman–Crippen LogP) is -0.996. The fourth-order valence-corrected chi connectivity index (χ4v) is 1.23. The summed E-state index contributed by atoms with van der Waals surface area (Å²) in [6.45, 7) is 0. The van der Waals surface area contributed by atoms with Gasteiger partial charge in [0.1, 0.15) is 6.23 Å². The van der Waals surface area contributed by atoms with Gasteiger partial charge >= 0.3 is 5.97 Å². The molecule has 12 heavy (non-hydrogen) atoms. The minimum absolute atomic E-state index is 0.101. The average molecular weight is 173 g/mol. The van der Waals surface area contributed by atoms with Gasteiger partial charge in [0.15, 0.2) is 0 Å². The number of hydrogen-bond acceptors (Lipinski definition) is 4. The number of carbonyl (C=O) groups is 2. The number of aliphatic hydroxyl groups is 1. The molecular weight excluding hydrogens is 162 g/mol. The Morgan fingerprint density at radius 1 is 1.75 bits per heavy atom. The van der Waals surface area contributed by atoms with Gasteiger partial charge in [-0.15, -0.1) is 0 Å². The molecule has 5 nitrogen and oxygen atoms in total. The van der Waals surface area contributed by atoms with Crippen LogP contribution in [0, 0.1) is 5.92 Å². The molecule has 1 saturated heterocycles. The lowest BCUT2D eigenvalue weighted by molar-refractivity contribution is -0.151. The molecule has 1 rings (SSSR count). The highest BCUT2D eigenvalue weighted by Crippen LogP contribution is 2.16. The summed E-state index contributed by atoms with van der Waals surface area (Å²) in [5, 5.41) is 11.4. The van der Waals surface area contributed by atoms with Crippen LogP contribution in [0.1, 0.15) is 12.8 Å². The van der Waals surface area contributed by atoms with Gasteiger partial charge in [-0.25, -0.2) is 0 Å². The molecule has 68 valence electrons. The second-order valence-electron chi connectivity index (χ2n) is 2.74. The molecule has 0 radical (unpaired) electrons. The van der Waals surface area contributed by atoms with E-state index in [1.54, 1.807) is 0 Å². The molecule has 1 aliphatic rings. The van der Waals surface area contributed by atoms with Crippen LogP contribution in [-0.4, -0.2) is 30.3 Å². The third-order valence-electron chi connectivity index (χ3n) is 1.80. The van der Waals surface area contributed by atoms with E-state index in [2.05, 4.69) is 10.1 Å². The molecule has 1 fully saturated rings. The molecule has 0 aromatic rings. The Bertz CT molecular complexity index is 204. The highest BCUT2D eigenvalue weighted by atomic mass is 16.5. The van der Waals surface area contributed by atoms with Crippen molar-refractivity contribution in [3.63, 3.8) is 0 Å². The van der Waals surface area contributed by atoms with Gasteiger partial charge in [0.2, 0.25) is 5.91 Å². The lowest BCUT2D eigenvalue weighted by Gasteiger charge is -2.24. The molecule has 0 aromatic carbocycles. The van der Waals surface area contributed by atoms with Gasteiger partial charge in [-0.3, -0.25) is 9.59 Å². The lowest BCUT2D eigenvalue weighted by atomic mass is 9.97. The van der Waals surface area contributed by atoms with Crippen molar-refractivity contribution in [2.45, 2.75) is 19.1 Å². The summed E-state index contributed by atoms with van der Waals surface area (Å²) in [7, 11) is 1.27. The van der Waals surface area contributed by atoms with Crippen molar-refractivity contribution in [2.75, 3.05) is 7.11 Å². The highest BCUT2D eigenvalue weighted by molar-refractivity contribution is 5.84. The summed E-state index contributed by atoms with van der Waals surface area (Å²) < 4.78 is 4.46. The molecule has 0 spiro atoms. The maximum absolute atomic E-state index is 10.9. The predicted molar refractivity (Wildman–Crippen MR) is 38.9 cm³/mol. The van der Waals surface area contributed by atoms with Gasteiger partial charge < -0.3 is 15.2 Å². The first kappa shape index (κ1) is 8.99. The normalized spacial score (nSPS) is 29.3. The van der Waals surface area contributed by atoms with E-state index in [0.717, 1.165) is 0 Å². The topological polar surface area (TPSA) is 75.6 Å².